The van der Waals surface area contributed by atoms with E-state index in [9.17, 15) is 9.59 Å². The molecule has 1 unspecified atom stereocenters. The third-order valence-electron chi connectivity index (χ3n) is 5.79. The number of anilines is 1. The van der Waals surface area contributed by atoms with Gasteiger partial charge < -0.3 is 25.2 Å². The van der Waals surface area contributed by atoms with Crippen molar-refractivity contribution in [1.29, 1.82) is 0 Å². The van der Waals surface area contributed by atoms with Crippen LogP contribution < -0.4 is 10.6 Å². The molecule has 3 rings (SSSR count). The van der Waals surface area contributed by atoms with Gasteiger partial charge in [-0.3, -0.25) is 9.78 Å². The van der Waals surface area contributed by atoms with Gasteiger partial charge in [0.05, 0.1) is 6.04 Å². The highest BCUT2D eigenvalue weighted by Gasteiger charge is 2.31. The fraction of sp³-hybridized carbons (Fsp3) is 0.720. The first-order valence-electron chi connectivity index (χ1n) is 12.3. The molecule has 186 valence electrons. The number of likely N-dealkylation sites (tertiary alicyclic amines) is 1. The van der Waals surface area contributed by atoms with Crippen LogP contribution in [0.5, 0.6) is 0 Å². The molecule has 2 saturated heterocycles. The number of nitrogens with zero attached hydrogens (tertiary/aromatic N) is 4. The zero-order valence-electron chi connectivity index (χ0n) is 21.1. The second-order valence-corrected chi connectivity index (χ2v) is 9.98. The van der Waals surface area contributed by atoms with Gasteiger partial charge in [-0.25, -0.2) is 4.79 Å². The van der Waals surface area contributed by atoms with E-state index in [4.69, 9.17) is 10.5 Å². The van der Waals surface area contributed by atoms with Crippen LogP contribution in [-0.4, -0.2) is 77.7 Å². The molecule has 0 aliphatic carbocycles. The topological polar surface area (TPSA) is 92.0 Å². The molecule has 2 N–H and O–H groups in total. The number of carbonyl (C=O) groups excluding carboxylic acids is 2. The van der Waals surface area contributed by atoms with Gasteiger partial charge in [0.1, 0.15) is 5.60 Å². The molecule has 1 aromatic heterocycles. The van der Waals surface area contributed by atoms with Crippen molar-refractivity contribution in [1.82, 2.24) is 14.8 Å². The number of hydrogen-bond donors (Lipinski definition) is 1. The normalized spacial score (nSPS) is 18.3. The average molecular weight is 462 g/mol. The zero-order valence-corrected chi connectivity index (χ0v) is 21.1. The zero-order chi connectivity index (χ0) is 24.4. The van der Waals surface area contributed by atoms with Crippen LogP contribution in [0, 0.1) is 5.92 Å². The molecule has 8 nitrogen and oxygen atoms in total. The number of nitrogens with two attached hydrogens (primary N) is 1. The smallest absolute Gasteiger partial charge is 0.410 e. The van der Waals surface area contributed by atoms with Crippen LogP contribution >= 0.6 is 0 Å². The fourth-order valence-electron chi connectivity index (χ4n) is 4.11. The molecule has 8 heteroatoms. The quantitative estimate of drug-likeness (QED) is 0.738. The highest BCUT2D eigenvalue weighted by molar-refractivity contribution is 5.82. The van der Waals surface area contributed by atoms with E-state index in [1.807, 2.05) is 37.8 Å². The maximum Gasteiger partial charge on any atom is 0.410 e. The van der Waals surface area contributed by atoms with Gasteiger partial charge in [-0.2, -0.15) is 0 Å². The van der Waals surface area contributed by atoms with Crippen LogP contribution in [0.25, 0.3) is 0 Å². The number of pyridine rings is 1. The van der Waals surface area contributed by atoms with Crippen LogP contribution in [0.15, 0.2) is 24.5 Å². The van der Waals surface area contributed by atoms with E-state index in [1.165, 1.54) is 6.42 Å². The Hall–Kier alpha value is -2.35. The number of ether oxygens (including phenoxy) is 1. The van der Waals surface area contributed by atoms with Crippen molar-refractivity contribution in [3.05, 3.63) is 24.5 Å². The minimum absolute atomic E-state index is 0.0407. The monoisotopic (exact) mass is 461 g/mol. The summed E-state index contributed by atoms with van der Waals surface area (Å²) in [6.07, 6.45) is 6.96. The van der Waals surface area contributed by atoms with Crippen molar-refractivity contribution in [2.24, 2.45) is 11.7 Å². The van der Waals surface area contributed by atoms with Crippen LogP contribution in [0.1, 0.15) is 60.3 Å². The number of carbonyl (C=O) groups is 2. The molecule has 3 heterocycles. The molecule has 2 aliphatic heterocycles. The Morgan fingerprint density at radius 1 is 1.03 bits per heavy atom. The van der Waals surface area contributed by atoms with Crippen LogP contribution in [0.3, 0.4) is 0 Å². The highest BCUT2D eigenvalue weighted by atomic mass is 16.6. The Morgan fingerprint density at radius 3 is 2.09 bits per heavy atom. The molecule has 2 aliphatic rings. The Balaban J connectivity index is 0.00000122. The molecule has 33 heavy (non-hydrogen) atoms. The van der Waals surface area contributed by atoms with Crippen molar-refractivity contribution in [2.75, 3.05) is 44.2 Å². The van der Waals surface area contributed by atoms with Gasteiger partial charge in [-0.15, -0.1) is 0 Å². The average Bonchev–Trinajstić information content (AvgIpc) is 2.79. The van der Waals surface area contributed by atoms with Gasteiger partial charge in [0.15, 0.2) is 0 Å². The third-order valence-corrected chi connectivity index (χ3v) is 5.79. The van der Waals surface area contributed by atoms with E-state index in [1.54, 1.807) is 17.3 Å². The molecule has 2 amide bonds. The van der Waals surface area contributed by atoms with E-state index < -0.39 is 11.6 Å². The number of piperidine rings is 1. The Kier molecular flexibility index (Phi) is 10.4. The molecule has 1 aromatic rings. The predicted molar refractivity (Wildman–Crippen MR) is 132 cm³/mol. The first-order chi connectivity index (χ1) is 15.6. The summed E-state index contributed by atoms with van der Waals surface area (Å²) >= 11 is 0. The first kappa shape index (κ1) is 26.9. The molecule has 2 fully saturated rings. The SMILES string of the molecule is CC(C)(C)OC(=O)N1CCC(CC(N)C(=O)N2CCN(c3ccncc3)CC2)CC1.CCC. The van der Waals surface area contributed by atoms with Gasteiger partial charge in [0.25, 0.3) is 0 Å². The summed E-state index contributed by atoms with van der Waals surface area (Å²) in [7, 11) is 0. The van der Waals surface area contributed by atoms with E-state index >= 15 is 0 Å². The lowest BCUT2D eigenvalue weighted by atomic mass is 9.90. The summed E-state index contributed by atoms with van der Waals surface area (Å²) in [6, 6.07) is 3.51. The number of piperazine rings is 1. The lowest BCUT2D eigenvalue weighted by Gasteiger charge is -2.38. The third kappa shape index (κ3) is 8.84. The number of amides is 2. The first-order valence-corrected chi connectivity index (χ1v) is 12.3. The van der Waals surface area contributed by atoms with Crippen molar-refractivity contribution in [2.45, 2.75) is 71.9 Å². The molecule has 0 radical (unpaired) electrons. The van der Waals surface area contributed by atoms with Crippen LogP contribution in [-0.2, 0) is 9.53 Å². The van der Waals surface area contributed by atoms with E-state index in [-0.39, 0.29) is 12.0 Å². The minimum Gasteiger partial charge on any atom is -0.444 e. The van der Waals surface area contributed by atoms with Gasteiger partial charge in [-0.05, 0) is 58.1 Å². The van der Waals surface area contributed by atoms with Crippen LogP contribution in [0.2, 0.25) is 0 Å². The molecular weight excluding hydrogens is 418 g/mol. The maximum absolute atomic E-state index is 12.8. The van der Waals surface area contributed by atoms with Gasteiger partial charge in [0, 0.05) is 57.3 Å². The molecule has 0 spiro atoms. The van der Waals surface area contributed by atoms with Crippen molar-refractivity contribution < 1.29 is 14.3 Å². The van der Waals surface area contributed by atoms with Gasteiger partial charge in [-0.1, -0.05) is 20.3 Å². The standard InChI is InChI=1S/C22H35N5O3.C3H8/c1-22(2,3)30-21(29)27-10-6-17(7-11-27)16-19(23)20(28)26-14-12-25(13-15-26)18-4-8-24-9-5-18;1-3-2/h4-5,8-9,17,19H,6-7,10-16,23H2,1-3H3;3H2,1-2H3. The minimum atomic E-state index is -0.482. The number of aromatic nitrogens is 1. The van der Waals surface area contributed by atoms with Crippen molar-refractivity contribution in [3.63, 3.8) is 0 Å². The molecule has 1 atom stereocenters. The second kappa shape index (κ2) is 12.8. The molecule has 0 aromatic carbocycles. The number of rotatable bonds is 4. The van der Waals surface area contributed by atoms with Gasteiger partial charge >= 0.3 is 6.09 Å². The Bertz CT molecular complexity index is 721. The maximum atomic E-state index is 12.8. The summed E-state index contributed by atoms with van der Waals surface area (Å²) in [5.41, 5.74) is 6.94. The second-order valence-electron chi connectivity index (χ2n) is 9.98. The van der Waals surface area contributed by atoms with Crippen molar-refractivity contribution in [3.8, 4) is 0 Å². The lowest BCUT2D eigenvalue weighted by Crippen LogP contribution is -2.53. The summed E-state index contributed by atoms with van der Waals surface area (Å²) < 4.78 is 5.45. The molecule has 0 bridgehead atoms. The van der Waals surface area contributed by atoms with Gasteiger partial charge in [0.2, 0.25) is 5.91 Å². The van der Waals surface area contributed by atoms with E-state index in [0.29, 0.717) is 38.5 Å². The van der Waals surface area contributed by atoms with Crippen molar-refractivity contribution >= 4 is 17.7 Å². The molecule has 0 saturated carbocycles. The Morgan fingerprint density at radius 2 is 1.58 bits per heavy atom. The Labute approximate surface area is 199 Å². The lowest BCUT2D eigenvalue weighted by molar-refractivity contribution is -0.133. The summed E-state index contributed by atoms with van der Waals surface area (Å²) in [5.74, 6) is 0.402. The molecular formula is C25H43N5O3. The number of hydrogen-bond acceptors (Lipinski definition) is 6. The summed E-state index contributed by atoms with van der Waals surface area (Å²) in [4.78, 5) is 35.0. The fourth-order valence-corrected chi connectivity index (χ4v) is 4.11. The van der Waals surface area contributed by atoms with E-state index in [2.05, 4.69) is 23.7 Å². The predicted octanol–water partition coefficient (Wildman–Crippen LogP) is 3.51. The van der Waals surface area contributed by atoms with E-state index in [0.717, 1.165) is 31.6 Å². The summed E-state index contributed by atoms with van der Waals surface area (Å²) in [6.45, 7) is 14.2. The highest BCUT2D eigenvalue weighted by Crippen LogP contribution is 2.24. The van der Waals surface area contributed by atoms with Crippen LogP contribution in [0.4, 0.5) is 10.5 Å². The summed E-state index contributed by atoms with van der Waals surface area (Å²) in [5, 5.41) is 0. The largest absolute Gasteiger partial charge is 0.444 e.